The third kappa shape index (κ3) is 5.13. The number of thiazole rings is 1. The van der Waals surface area contributed by atoms with Crippen LogP contribution >= 0.6 is 11.3 Å². The number of fused-ring (bicyclic) bond motifs is 1. The van der Waals surface area contributed by atoms with Crippen LogP contribution in [0.25, 0.3) is 17.1 Å². The number of ether oxygens (including phenoxy) is 2. The minimum absolute atomic E-state index is 0.0280. The molecule has 1 unspecified atom stereocenters. The molecule has 0 saturated carbocycles. The first-order valence-electron chi connectivity index (χ1n) is 10.9. The second kappa shape index (κ2) is 9.56. The van der Waals surface area contributed by atoms with E-state index in [0.717, 1.165) is 52.6 Å². The first-order chi connectivity index (χ1) is 16.1. The summed E-state index contributed by atoms with van der Waals surface area (Å²) in [5, 5.41) is 5.91. The van der Waals surface area contributed by atoms with E-state index in [9.17, 15) is 4.79 Å². The Labute approximate surface area is 195 Å². The minimum Gasteiger partial charge on any atom is -0.487 e. The number of imidazole rings is 1. The van der Waals surface area contributed by atoms with Crippen LogP contribution in [0.2, 0.25) is 0 Å². The molecular formula is C25H24N4O3S. The molecule has 3 heterocycles. The Hall–Kier alpha value is -3.49. The molecule has 2 aromatic heterocycles. The summed E-state index contributed by atoms with van der Waals surface area (Å²) in [6.07, 6.45) is 5.31. The Bertz CT molecular complexity index is 1300. The third-order valence-electron chi connectivity index (χ3n) is 5.38. The number of aromatic nitrogens is 3. The zero-order valence-electron chi connectivity index (χ0n) is 18.2. The topological polar surface area (TPSA) is 89.1 Å². The standard InChI is InChI=1S/C25H24N4O3S/c1-16-26-19(15-33-16)14-32-22-6-3-2-5-17(22)8-11-24(30)27-18-9-10-20-21(13-18)29-25(28-20)23-7-4-12-31-23/h2-3,5-6,8-11,13,15,23H,4,7,12,14H2,1H3,(H,27,30)(H,28,29)/b11-8+. The molecule has 5 rings (SSSR count). The second-order valence-electron chi connectivity index (χ2n) is 7.86. The Morgan fingerprint density at radius 1 is 1.30 bits per heavy atom. The van der Waals surface area contributed by atoms with E-state index in [4.69, 9.17) is 9.47 Å². The maximum absolute atomic E-state index is 12.5. The van der Waals surface area contributed by atoms with Crippen molar-refractivity contribution in [3.63, 3.8) is 0 Å². The zero-order valence-corrected chi connectivity index (χ0v) is 19.0. The number of anilines is 1. The van der Waals surface area contributed by atoms with Crippen molar-refractivity contribution >= 4 is 40.0 Å². The van der Waals surface area contributed by atoms with E-state index in [2.05, 4.69) is 20.3 Å². The molecule has 4 aromatic rings. The summed E-state index contributed by atoms with van der Waals surface area (Å²) in [6, 6.07) is 13.2. The van der Waals surface area contributed by atoms with Crippen LogP contribution in [0, 0.1) is 6.92 Å². The second-order valence-corrected chi connectivity index (χ2v) is 8.92. The molecular weight excluding hydrogens is 436 g/mol. The summed E-state index contributed by atoms with van der Waals surface area (Å²) >= 11 is 1.60. The predicted octanol–water partition coefficient (Wildman–Crippen LogP) is 5.41. The van der Waals surface area contributed by atoms with E-state index in [-0.39, 0.29) is 12.0 Å². The number of amides is 1. The molecule has 1 atom stereocenters. The minimum atomic E-state index is -0.224. The molecule has 1 saturated heterocycles. The summed E-state index contributed by atoms with van der Waals surface area (Å²) in [5.74, 6) is 1.32. The van der Waals surface area contributed by atoms with Gasteiger partial charge in [-0.15, -0.1) is 11.3 Å². The lowest BCUT2D eigenvalue weighted by Crippen LogP contribution is -2.07. The van der Waals surface area contributed by atoms with Crippen molar-refractivity contribution in [2.75, 3.05) is 11.9 Å². The number of rotatable bonds is 7. The Balaban J connectivity index is 1.24. The lowest BCUT2D eigenvalue weighted by molar-refractivity contribution is -0.111. The fourth-order valence-electron chi connectivity index (χ4n) is 3.78. The molecule has 1 fully saturated rings. The van der Waals surface area contributed by atoms with Gasteiger partial charge in [0, 0.05) is 29.3 Å². The maximum Gasteiger partial charge on any atom is 0.248 e. The quantitative estimate of drug-likeness (QED) is 0.360. The SMILES string of the molecule is Cc1nc(COc2ccccc2/C=C/C(=O)Nc2ccc3nc(C4CCCO4)[nH]c3c2)cs1. The summed E-state index contributed by atoms with van der Waals surface area (Å²) in [4.78, 5) is 24.9. The van der Waals surface area contributed by atoms with E-state index in [0.29, 0.717) is 18.0 Å². The first-order valence-corrected chi connectivity index (χ1v) is 11.8. The molecule has 1 aliphatic heterocycles. The molecule has 0 bridgehead atoms. The molecule has 33 heavy (non-hydrogen) atoms. The number of carbonyl (C=O) groups excluding carboxylic acids is 1. The van der Waals surface area contributed by atoms with Gasteiger partial charge < -0.3 is 19.8 Å². The number of hydrogen-bond acceptors (Lipinski definition) is 6. The summed E-state index contributed by atoms with van der Waals surface area (Å²) in [7, 11) is 0. The summed E-state index contributed by atoms with van der Waals surface area (Å²) in [5.41, 5.74) is 4.15. The van der Waals surface area contributed by atoms with Gasteiger partial charge in [-0.3, -0.25) is 4.79 Å². The van der Waals surface area contributed by atoms with Crippen LogP contribution in [-0.4, -0.2) is 27.5 Å². The number of para-hydroxylation sites is 1. The number of benzene rings is 2. The monoisotopic (exact) mass is 460 g/mol. The molecule has 0 aliphatic carbocycles. The number of hydrogen-bond donors (Lipinski definition) is 2. The van der Waals surface area contributed by atoms with Gasteiger partial charge in [0.1, 0.15) is 24.3 Å². The number of nitrogens with one attached hydrogen (secondary N) is 2. The molecule has 1 amide bonds. The highest BCUT2D eigenvalue weighted by Crippen LogP contribution is 2.29. The molecule has 2 N–H and O–H groups in total. The van der Waals surface area contributed by atoms with Gasteiger partial charge in [-0.1, -0.05) is 18.2 Å². The van der Waals surface area contributed by atoms with Crippen LogP contribution in [0.1, 0.15) is 41.0 Å². The highest BCUT2D eigenvalue weighted by molar-refractivity contribution is 7.09. The van der Waals surface area contributed by atoms with Gasteiger partial charge in [-0.2, -0.15) is 0 Å². The maximum atomic E-state index is 12.5. The van der Waals surface area contributed by atoms with Crippen LogP contribution in [0.3, 0.4) is 0 Å². The van der Waals surface area contributed by atoms with Gasteiger partial charge in [0.25, 0.3) is 0 Å². The number of nitrogens with zero attached hydrogens (tertiary/aromatic N) is 2. The Morgan fingerprint density at radius 2 is 2.21 bits per heavy atom. The zero-order chi connectivity index (χ0) is 22.6. The highest BCUT2D eigenvalue weighted by Gasteiger charge is 2.21. The van der Waals surface area contributed by atoms with Gasteiger partial charge in [-0.05, 0) is 50.1 Å². The largest absolute Gasteiger partial charge is 0.487 e. The van der Waals surface area contributed by atoms with Gasteiger partial charge >= 0.3 is 0 Å². The van der Waals surface area contributed by atoms with E-state index in [1.165, 1.54) is 6.08 Å². The lowest BCUT2D eigenvalue weighted by atomic mass is 10.2. The van der Waals surface area contributed by atoms with Gasteiger partial charge in [0.15, 0.2) is 0 Å². The summed E-state index contributed by atoms with van der Waals surface area (Å²) < 4.78 is 11.6. The fraction of sp³-hybridized carbons (Fsp3) is 0.240. The number of carbonyl (C=O) groups is 1. The fourth-order valence-corrected chi connectivity index (χ4v) is 4.38. The Kier molecular flexibility index (Phi) is 6.19. The van der Waals surface area contributed by atoms with Crippen LogP contribution in [-0.2, 0) is 16.1 Å². The summed E-state index contributed by atoms with van der Waals surface area (Å²) in [6.45, 7) is 3.13. The van der Waals surface area contributed by atoms with E-state index < -0.39 is 0 Å². The van der Waals surface area contributed by atoms with Crippen molar-refractivity contribution in [1.29, 1.82) is 0 Å². The molecule has 8 heteroatoms. The van der Waals surface area contributed by atoms with Crippen LogP contribution in [0.15, 0.2) is 53.9 Å². The highest BCUT2D eigenvalue weighted by atomic mass is 32.1. The average molecular weight is 461 g/mol. The van der Waals surface area contributed by atoms with Crippen LogP contribution in [0.4, 0.5) is 5.69 Å². The Morgan fingerprint density at radius 3 is 3.03 bits per heavy atom. The lowest BCUT2D eigenvalue weighted by Gasteiger charge is -2.08. The molecule has 2 aromatic carbocycles. The van der Waals surface area contributed by atoms with Crippen molar-refractivity contribution < 1.29 is 14.3 Å². The van der Waals surface area contributed by atoms with E-state index >= 15 is 0 Å². The van der Waals surface area contributed by atoms with E-state index in [1.54, 1.807) is 17.4 Å². The molecule has 0 spiro atoms. The van der Waals surface area contributed by atoms with Gasteiger partial charge in [0.05, 0.1) is 21.7 Å². The number of H-pyrrole nitrogens is 1. The van der Waals surface area contributed by atoms with E-state index in [1.807, 2.05) is 54.8 Å². The van der Waals surface area contributed by atoms with Crippen LogP contribution < -0.4 is 10.1 Å². The third-order valence-corrected chi connectivity index (χ3v) is 6.20. The average Bonchev–Trinajstić information content (AvgIpc) is 3.57. The van der Waals surface area contributed by atoms with Gasteiger partial charge in [0.2, 0.25) is 5.91 Å². The van der Waals surface area contributed by atoms with Crippen molar-refractivity contribution in [1.82, 2.24) is 15.0 Å². The van der Waals surface area contributed by atoms with Crippen molar-refractivity contribution in [3.05, 3.63) is 76.0 Å². The van der Waals surface area contributed by atoms with Crippen LogP contribution in [0.5, 0.6) is 5.75 Å². The molecule has 7 nitrogen and oxygen atoms in total. The van der Waals surface area contributed by atoms with Crippen molar-refractivity contribution in [2.24, 2.45) is 0 Å². The van der Waals surface area contributed by atoms with Gasteiger partial charge in [-0.25, -0.2) is 9.97 Å². The van der Waals surface area contributed by atoms with Crippen molar-refractivity contribution in [3.8, 4) is 5.75 Å². The molecule has 0 radical (unpaired) electrons. The predicted molar refractivity (Wildman–Crippen MR) is 129 cm³/mol. The van der Waals surface area contributed by atoms with Crippen molar-refractivity contribution in [2.45, 2.75) is 32.5 Å². The smallest absolute Gasteiger partial charge is 0.248 e. The number of aromatic amines is 1. The normalized spacial score (nSPS) is 16.0. The molecule has 168 valence electrons. The number of aryl methyl sites for hydroxylation is 1. The first kappa shape index (κ1) is 21.4. The molecule has 1 aliphatic rings.